The minimum Gasteiger partial charge on any atom is -0.495 e. The first-order chi connectivity index (χ1) is 12.2. The van der Waals surface area contributed by atoms with Gasteiger partial charge in [0.25, 0.3) is 5.91 Å². The van der Waals surface area contributed by atoms with E-state index in [0.29, 0.717) is 17.1 Å². The van der Waals surface area contributed by atoms with Crippen molar-refractivity contribution in [2.75, 3.05) is 45.2 Å². The van der Waals surface area contributed by atoms with Crippen LogP contribution in [0.4, 0.5) is 11.5 Å². The lowest BCUT2D eigenvalue weighted by atomic mass is 10.2. The van der Waals surface area contributed by atoms with Gasteiger partial charge in [-0.25, -0.2) is 4.98 Å². The van der Waals surface area contributed by atoms with Gasteiger partial charge in [0.05, 0.1) is 18.4 Å². The number of para-hydroxylation sites is 2. The molecular formula is C19H24N4O2. The highest BCUT2D eigenvalue weighted by molar-refractivity contribution is 5.99. The molecule has 0 saturated carbocycles. The standard InChI is InChI=1S/C19H24N4O2/c1-3-22-11-13-23(14-12-22)19(24)15-7-6-10-20-18(15)21-16-8-4-5-9-17(16)25-2/h4-10H,3,11-14H2,1-2H3,(H,20,21). The maximum Gasteiger partial charge on any atom is 0.257 e. The molecule has 132 valence electrons. The summed E-state index contributed by atoms with van der Waals surface area (Å²) >= 11 is 0. The van der Waals surface area contributed by atoms with Crippen molar-refractivity contribution in [3.05, 3.63) is 48.2 Å². The van der Waals surface area contributed by atoms with Crippen molar-refractivity contribution in [2.24, 2.45) is 0 Å². The molecule has 1 fully saturated rings. The highest BCUT2D eigenvalue weighted by Gasteiger charge is 2.23. The maximum atomic E-state index is 13.0. The van der Waals surface area contributed by atoms with Crippen molar-refractivity contribution in [2.45, 2.75) is 6.92 Å². The molecule has 1 amide bonds. The first-order valence-electron chi connectivity index (χ1n) is 8.59. The fourth-order valence-corrected chi connectivity index (χ4v) is 2.99. The minimum absolute atomic E-state index is 0.0150. The number of pyridine rings is 1. The number of methoxy groups -OCH3 is 1. The summed E-state index contributed by atoms with van der Waals surface area (Å²) in [5.74, 6) is 1.28. The second-order valence-electron chi connectivity index (χ2n) is 5.95. The molecule has 6 heteroatoms. The summed E-state index contributed by atoms with van der Waals surface area (Å²) in [6, 6.07) is 11.2. The lowest BCUT2D eigenvalue weighted by Gasteiger charge is -2.34. The van der Waals surface area contributed by atoms with E-state index < -0.39 is 0 Å². The van der Waals surface area contributed by atoms with E-state index in [1.165, 1.54) is 0 Å². The molecule has 0 aliphatic carbocycles. The Balaban J connectivity index is 1.80. The van der Waals surface area contributed by atoms with Crippen molar-refractivity contribution >= 4 is 17.4 Å². The summed E-state index contributed by atoms with van der Waals surface area (Å²) < 4.78 is 5.37. The lowest BCUT2D eigenvalue weighted by Crippen LogP contribution is -2.48. The highest BCUT2D eigenvalue weighted by atomic mass is 16.5. The van der Waals surface area contributed by atoms with Gasteiger partial charge in [-0.1, -0.05) is 19.1 Å². The van der Waals surface area contributed by atoms with Gasteiger partial charge >= 0.3 is 0 Å². The molecule has 6 nitrogen and oxygen atoms in total. The number of likely N-dealkylation sites (N-methyl/N-ethyl adjacent to an activating group) is 1. The quantitative estimate of drug-likeness (QED) is 0.907. The molecule has 1 aromatic heterocycles. The number of hydrogen-bond donors (Lipinski definition) is 1. The molecule has 1 aliphatic rings. The van der Waals surface area contributed by atoms with Crippen LogP contribution in [0, 0.1) is 0 Å². The lowest BCUT2D eigenvalue weighted by molar-refractivity contribution is 0.0644. The van der Waals surface area contributed by atoms with Crippen molar-refractivity contribution in [3.8, 4) is 5.75 Å². The largest absolute Gasteiger partial charge is 0.495 e. The van der Waals surface area contributed by atoms with Crippen LogP contribution < -0.4 is 10.1 Å². The number of carbonyl (C=O) groups excluding carboxylic acids is 1. The molecule has 2 aromatic rings. The number of anilines is 2. The summed E-state index contributed by atoms with van der Waals surface area (Å²) in [6.45, 7) is 6.49. The van der Waals surface area contributed by atoms with Gasteiger partial charge < -0.3 is 19.9 Å². The van der Waals surface area contributed by atoms with Gasteiger partial charge in [0.2, 0.25) is 0 Å². The van der Waals surface area contributed by atoms with Crippen molar-refractivity contribution in [3.63, 3.8) is 0 Å². The van der Waals surface area contributed by atoms with E-state index in [1.807, 2.05) is 35.2 Å². The van der Waals surface area contributed by atoms with Gasteiger partial charge in [0.1, 0.15) is 11.6 Å². The topological polar surface area (TPSA) is 57.7 Å². The van der Waals surface area contributed by atoms with E-state index in [2.05, 4.69) is 22.1 Å². The van der Waals surface area contributed by atoms with Crippen LogP contribution in [0.15, 0.2) is 42.6 Å². The monoisotopic (exact) mass is 340 g/mol. The fourth-order valence-electron chi connectivity index (χ4n) is 2.99. The van der Waals surface area contributed by atoms with Gasteiger partial charge in [0, 0.05) is 32.4 Å². The van der Waals surface area contributed by atoms with E-state index in [1.54, 1.807) is 19.4 Å². The molecule has 0 spiro atoms. The predicted octanol–water partition coefficient (Wildman–Crippen LogP) is 2.61. The van der Waals surface area contributed by atoms with E-state index in [4.69, 9.17) is 4.74 Å². The summed E-state index contributed by atoms with van der Waals surface area (Å²) in [5, 5.41) is 3.24. The zero-order chi connectivity index (χ0) is 17.6. The number of aromatic nitrogens is 1. The third-order valence-corrected chi connectivity index (χ3v) is 4.50. The first-order valence-corrected chi connectivity index (χ1v) is 8.59. The Hall–Kier alpha value is -2.60. The average molecular weight is 340 g/mol. The number of piperazine rings is 1. The van der Waals surface area contributed by atoms with Crippen LogP contribution in [0.25, 0.3) is 0 Å². The van der Waals surface area contributed by atoms with Gasteiger partial charge in [-0.2, -0.15) is 0 Å². The van der Waals surface area contributed by atoms with Crippen molar-refractivity contribution in [1.29, 1.82) is 0 Å². The van der Waals surface area contributed by atoms with Gasteiger partial charge in [0.15, 0.2) is 0 Å². The normalized spacial score (nSPS) is 15.0. The van der Waals surface area contributed by atoms with E-state index in [0.717, 1.165) is 38.4 Å². The number of benzene rings is 1. The molecule has 0 unspecified atom stereocenters. The number of carbonyl (C=O) groups is 1. The Kier molecular flexibility index (Phi) is 5.50. The smallest absolute Gasteiger partial charge is 0.257 e. The SMILES string of the molecule is CCN1CCN(C(=O)c2cccnc2Nc2ccccc2OC)CC1. The van der Waals surface area contributed by atoms with Gasteiger partial charge in [-0.15, -0.1) is 0 Å². The molecule has 1 aromatic carbocycles. The number of nitrogens with zero attached hydrogens (tertiary/aromatic N) is 3. The Morgan fingerprint density at radius 1 is 1.16 bits per heavy atom. The number of rotatable bonds is 5. The summed E-state index contributed by atoms with van der Waals surface area (Å²) in [6.07, 6.45) is 1.68. The molecule has 2 heterocycles. The van der Waals surface area contributed by atoms with Gasteiger partial charge in [-0.05, 0) is 30.8 Å². The fraction of sp³-hybridized carbons (Fsp3) is 0.368. The first kappa shape index (κ1) is 17.2. The second kappa shape index (κ2) is 7.98. The highest BCUT2D eigenvalue weighted by Crippen LogP contribution is 2.28. The Labute approximate surface area is 148 Å². The molecule has 3 rings (SSSR count). The van der Waals surface area contributed by atoms with Crippen LogP contribution in [0.3, 0.4) is 0 Å². The minimum atomic E-state index is 0.0150. The molecule has 0 atom stereocenters. The van der Waals surface area contributed by atoms with Crippen LogP contribution in [0.5, 0.6) is 5.75 Å². The molecule has 1 saturated heterocycles. The summed E-state index contributed by atoms with van der Waals surface area (Å²) in [4.78, 5) is 21.6. The average Bonchev–Trinajstić information content (AvgIpc) is 2.68. The predicted molar refractivity (Wildman–Crippen MR) is 98.5 cm³/mol. The number of amides is 1. The summed E-state index contributed by atoms with van der Waals surface area (Å²) in [7, 11) is 1.62. The van der Waals surface area contributed by atoms with Crippen LogP contribution in [-0.4, -0.2) is 60.5 Å². The van der Waals surface area contributed by atoms with Gasteiger partial charge in [-0.3, -0.25) is 4.79 Å². The third kappa shape index (κ3) is 3.91. The van der Waals surface area contributed by atoms with Crippen LogP contribution >= 0.6 is 0 Å². The summed E-state index contributed by atoms with van der Waals surface area (Å²) in [5.41, 5.74) is 1.37. The second-order valence-corrected chi connectivity index (χ2v) is 5.95. The Bertz CT molecular complexity index is 727. The van der Waals surface area contributed by atoms with Crippen molar-refractivity contribution < 1.29 is 9.53 Å². The number of hydrogen-bond acceptors (Lipinski definition) is 5. The third-order valence-electron chi connectivity index (χ3n) is 4.50. The van der Waals surface area contributed by atoms with Crippen LogP contribution in [0.2, 0.25) is 0 Å². The molecular weight excluding hydrogens is 316 g/mol. The Morgan fingerprint density at radius 3 is 2.64 bits per heavy atom. The van der Waals surface area contributed by atoms with Crippen molar-refractivity contribution in [1.82, 2.24) is 14.8 Å². The number of ether oxygens (including phenoxy) is 1. The zero-order valence-corrected chi connectivity index (χ0v) is 14.7. The molecule has 0 bridgehead atoms. The van der Waals surface area contributed by atoms with E-state index >= 15 is 0 Å². The van der Waals surface area contributed by atoms with Crippen LogP contribution in [0.1, 0.15) is 17.3 Å². The van der Waals surface area contributed by atoms with Crippen LogP contribution in [-0.2, 0) is 0 Å². The van der Waals surface area contributed by atoms with E-state index in [-0.39, 0.29) is 5.91 Å². The molecule has 25 heavy (non-hydrogen) atoms. The Morgan fingerprint density at radius 2 is 1.92 bits per heavy atom. The molecule has 1 aliphatic heterocycles. The maximum absolute atomic E-state index is 13.0. The zero-order valence-electron chi connectivity index (χ0n) is 14.7. The number of nitrogens with one attached hydrogen (secondary N) is 1. The molecule has 0 radical (unpaired) electrons. The van der Waals surface area contributed by atoms with E-state index in [9.17, 15) is 4.79 Å². The molecule has 1 N–H and O–H groups in total.